The van der Waals surface area contributed by atoms with Gasteiger partial charge in [-0.1, -0.05) is 31.2 Å². The van der Waals surface area contributed by atoms with Crippen molar-refractivity contribution in [2.45, 2.75) is 51.6 Å². The summed E-state index contributed by atoms with van der Waals surface area (Å²) in [6.45, 7) is 7.64. The fourth-order valence-corrected chi connectivity index (χ4v) is 5.73. The molecule has 2 amide bonds. The van der Waals surface area contributed by atoms with Crippen molar-refractivity contribution in [2.75, 3.05) is 24.0 Å². The van der Waals surface area contributed by atoms with Gasteiger partial charge in [0.05, 0.1) is 17.2 Å². The Hall–Kier alpha value is -3.92. The number of halogens is 1. The molecule has 0 aliphatic rings. The molecule has 10 heteroatoms. The molecule has 0 saturated heterocycles. The maximum Gasteiger partial charge on any atom is 0.264 e. The van der Waals surface area contributed by atoms with Crippen LogP contribution >= 0.6 is 0 Å². The van der Waals surface area contributed by atoms with E-state index in [9.17, 15) is 22.4 Å². The van der Waals surface area contributed by atoms with Gasteiger partial charge in [0.2, 0.25) is 11.8 Å². The van der Waals surface area contributed by atoms with E-state index in [4.69, 9.17) is 4.74 Å². The van der Waals surface area contributed by atoms with E-state index in [1.807, 2.05) is 38.1 Å². The number of likely N-dealkylation sites (N-methyl/N-ethyl adjacent to an activating group) is 1. The number of ether oxygens (including phenoxy) is 1. The van der Waals surface area contributed by atoms with Crippen molar-refractivity contribution in [1.82, 2.24) is 10.2 Å². The van der Waals surface area contributed by atoms with E-state index >= 15 is 0 Å². The van der Waals surface area contributed by atoms with Crippen molar-refractivity contribution in [2.24, 2.45) is 0 Å². The molecule has 0 radical (unpaired) electrons. The number of carbonyl (C=O) groups excluding carboxylic acids is 2. The number of nitrogens with zero attached hydrogens (tertiary/aromatic N) is 2. The zero-order chi connectivity index (χ0) is 29.3. The lowest BCUT2D eigenvalue weighted by Gasteiger charge is -2.33. The topological polar surface area (TPSA) is 96.0 Å². The summed E-state index contributed by atoms with van der Waals surface area (Å²) in [4.78, 5) is 28.3. The summed E-state index contributed by atoms with van der Waals surface area (Å²) in [6, 6.07) is 17.4. The minimum atomic E-state index is -4.26. The second-order valence-corrected chi connectivity index (χ2v) is 11.0. The first kappa shape index (κ1) is 30.6. The van der Waals surface area contributed by atoms with Gasteiger partial charge >= 0.3 is 0 Å². The van der Waals surface area contributed by atoms with Crippen molar-refractivity contribution in [3.05, 3.63) is 89.7 Å². The van der Waals surface area contributed by atoms with Gasteiger partial charge in [-0.05, 0) is 86.8 Å². The largest absolute Gasteiger partial charge is 0.494 e. The minimum absolute atomic E-state index is 0.0608. The molecule has 0 saturated carbocycles. The van der Waals surface area contributed by atoms with Gasteiger partial charge in [-0.3, -0.25) is 13.9 Å². The Morgan fingerprint density at radius 2 is 1.60 bits per heavy atom. The van der Waals surface area contributed by atoms with Crippen molar-refractivity contribution in [1.29, 1.82) is 0 Å². The molecule has 0 aliphatic heterocycles. The Balaban J connectivity index is 2.05. The van der Waals surface area contributed by atoms with Crippen LogP contribution in [0, 0.1) is 12.7 Å². The number of hydrogen-bond acceptors (Lipinski definition) is 5. The molecule has 0 fully saturated rings. The van der Waals surface area contributed by atoms with E-state index in [1.54, 1.807) is 13.8 Å². The molecular weight excluding hydrogens is 533 g/mol. The number of sulfonamides is 1. The zero-order valence-electron chi connectivity index (χ0n) is 23.3. The molecule has 0 heterocycles. The molecule has 3 aromatic rings. The molecule has 0 aromatic heterocycles. The average Bonchev–Trinajstić information content (AvgIpc) is 2.93. The lowest BCUT2D eigenvalue weighted by molar-refractivity contribution is -0.140. The quantitative estimate of drug-likeness (QED) is 0.323. The fraction of sp³-hybridized carbons (Fsp3) is 0.333. The van der Waals surface area contributed by atoms with Crippen LogP contribution in [-0.2, 0) is 26.2 Å². The number of benzene rings is 3. The number of aryl methyl sites for hydroxylation is 1. The maximum atomic E-state index is 14.0. The van der Waals surface area contributed by atoms with E-state index in [2.05, 4.69) is 5.32 Å². The third kappa shape index (κ3) is 7.38. The maximum absolute atomic E-state index is 14.0. The van der Waals surface area contributed by atoms with Crippen LogP contribution in [-0.4, -0.2) is 50.9 Å². The summed E-state index contributed by atoms with van der Waals surface area (Å²) in [5, 5.41) is 2.78. The van der Waals surface area contributed by atoms with Crippen LogP contribution in [0.5, 0.6) is 5.75 Å². The van der Waals surface area contributed by atoms with Gasteiger partial charge in [-0.2, -0.15) is 0 Å². The molecule has 214 valence electrons. The SMILES string of the molecule is CCNC(=O)C(CC)N(Cc1ccccc1C)C(=O)CN(c1ccc(F)cc1)S(=O)(=O)c1ccc(OCC)cc1. The monoisotopic (exact) mass is 569 g/mol. The molecule has 1 unspecified atom stereocenters. The third-order valence-electron chi connectivity index (χ3n) is 6.46. The van der Waals surface area contributed by atoms with Crippen molar-refractivity contribution in [3.8, 4) is 5.75 Å². The van der Waals surface area contributed by atoms with Gasteiger partial charge in [0, 0.05) is 13.1 Å². The van der Waals surface area contributed by atoms with E-state index < -0.39 is 34.3 Å². The summed E-state index contributed by atoms with van der Waals surface area (Å²) in [7, 11) is -4.26. The number of carbonyl (C=O) groups is 2. The Labute approximate surface area is 235 Å². The highest BCUT2D eigenvalue weighted by atomic mass is 32.2. The van der Waals surface area contributed by atoms with Crippen LogP contribution < -0.4 is 14.4 Å². The molecular formula is C30H36FN3O5S. The number of nitrogens with one attached hydrogen (secondary N) is 1. The Morgan fingerprint density at radius 1 is 0.950 bits per heavy atom. The first-order chi connectivity index (χ1) is 19.1. The Bertz CT molecular complexity index is 1400. The summed E-state index contributed by atoms with van der Waals surface area (Å²) < 4.78 is 47.9. The van der Waals surface area contributed by atoms with Crippen molar-refractivity contribution >= 4 is 27.5 Å². The van der Waals surface area contributed by atoms with Crippen LogP contribution in [0.3, 0.4) is 0 Å². The second-order valence-electron chi connectivity index (χ2n) is 9.16. The second kappa shape index (κ2) is 13.9. The van der Waals surface area contributed by atoms with E-state index in [-0.39, 0.29) is 23.0 Å². The van der Waals surface area contributed by atoms with Gasteiger partial charge in [-0.25, -0.2) is 12.8 Å². The molecule has 0 bridgehead atoms. The van der Waals surface area contributed by atoms with Crippen LogP contribution in [0.15, 0.2) is 77.7 Å². The van der Waals surface area contributed by atoms with E-state index in [0.29, 0.717) is 25.3 Å². The van der Waals surface area contributed by atoms with Gasteiger partial charge in [0.1, 0.15) is 24.2 Å². The predicted octanol–water partition coefficient (Wildman–Crippen LogP) is 4.67. The summed E-state index contributed by atoms with van der Waals surface area (Å²) in [5.74, 6) is -0.935. The first-order valence-electron chi connectivity index (χ1n) is 13.2. The lowest BCUT2D eigenvalue weighted by Crippen LogP contribution is -2.52. The molecule has 40 heavy (non-hydrogen) atoms. The highest BCUT2D eigenvalue weighted by molar-refractivity contribution is 7.92. The highest BCUT2D eigenvalue weighted by Crippen LogP contribution is 2.26. The van der Waals surface area contributed by atoms with Gasteiger partial charge in [0.15, 0.2) is 0 Å². The molecule has 1 atom stereocenters. The summed E-state index contributed by atoms with van der Waals surface area (Å²) >= 11 is 0. The molecule has 1 N–H and O–H groups in total. The zero-order valence-corrected chi connectivity index (χ0v) is 24.1. The molecule has 8 nitrogen and oxygen atoms in total. The molecule has 3 aromatic carbocycles. The summed E-state index contributed by atoms with van der Waals surface area (Å²) in [5.41, 5.74) is 1.88. The minimum Gasteiger partial charge on any atom is -0.494 e. The predicted molar refractivity (Wildman–Crippen MR) is 153 cm³/mol. The average molecular weight is 570 g/mol. The standard InChI is InChI=1S/C30H36FN3O5S/c1-5-28(30(36)32-6-2)33(20-23-11-9-8-10-22(23)4)29(35)21-34(25-14-12-24(31)13-15-25)40(37,38)27-18-16-26(17-19-27)39-7-3/h8-19,28H,5-7,20-21H2,1-4H3,(H,32,36). The molecule has 0 aliphatic carbocycles. The van der Waals surface area contributed by atoms with E-state index in [1.165, 1.54) is 41.3 Å². The highest BCUT2D eigenvalue weighted by Gasteiger charge is 2.33. The van der Waals surface area contributed by atoms with Crippen LogP contribution in [0.1, 0.15) is 38.3 Å². The van der Waals surface area contributed by atoms with Crippen molar-refractivity contribution < 1.29 is 27.1 Å². The number of amides is 2. The Kier molecular flexibility index (Phi) is 10.7. The van der Waals surface area contributed by atoms with E-state index in [0.717, 1.165) is 27.6 Å². The van der Waals surface area contributed by atoms with Gasteiger partial charge in [0.25, 0.3) is 10.0 Å². The smallest absolute Gasteiger partial charge is 0.264 e. The van der Waals surface area contributed by atoms with Crippen LogP contribution in [0.25, 0.3) is 0 Å². The van der Waals surface area contributed by atoms with Crippen LogP contribution in [0.2, 0.25) is 0 Å². The first-order valence-corrected chi connectivity index (χ1v) is 14.7. The normalized spacial score (nSPS) is 11.9. The number of hydrogen-bond donors (Lipinski definition) is 1. The lowest BCUT2D eigenvalue weighted by atomic mass is 10.1. The molecule has 3 rings (SSSR count). The van der Waals surface area contributed by atoms with Gasteiger partial charge < -0.3 is 15.0 Å². The summed E-state index contributed by atoms with van der Waals surface area (Å²) in [6.07, 6.45) is 0.325. The number of anilines is 1. The van der Waals surface area contributed by atoms with Gasteiger partial charge in [-0.15, -0.1) is 0 Å². The fourth-order valence-electron chi connectivity index (χ4n) is 4.32. The van der Waals surface area contributed by atoms with Crippen molar-refractivity contribution in [3.63, 3.8) is 0 Å². The molecule has 0 spiro atoms. The Morgan fingerprint density at radius 3 is 2.17 bits per heavy atom. The third-order valence-corrected chi connectivity index (χ3v) is 8.24. The van der Waals surface area contributed by atoms with Crippen LogP contribution in [0.4, 0.5) is 10.1 Å². The number of rotatable bonds is 13.